The smallest absolute Gasteiger partial charge is 0.0378 e. The van der Waals surface area contributed by atoms with E-state index >= 15 is 0 Å². The maximum Gasteiger partial charge on any atom is 0.0378 e. The summed E-state index contributed by atoms with van der Waals surface area (Å²) in [5.41, 5.74) is -3.46. The van der Waals surface area contributed by atoms with Crippen LogP contribution < -0.4 is 0 Å². The second-order valence-corrected chi connectivity index (χ2v) is 1.34. The van der Waals surface area contributed by atoms with Gasteiger partial charge >= 0.3 is 0 Å². The SMILES string of the molecule is [2H]C([2H])([2H])C([2H])([2H])C([2H])([2H])C([2H])([2H])C([2H])([2H])C([2H])([2H])C([2H])([2H])C([2H])([2H])C([2H])([2H])C([2H])([2H])S. The van der Waals surface area contributed by atoms with Crippen LogP contribution in [0.5, 0.6) is 0 Å². The Morgan fingerprint density at radius 3 is 2.09 bits per heavy atom. The summed E-state index contributed by atoms with van der Waals surface area (Å²) in [5, 5.41) is 0. The molecule has 0 aliphatic carbocycles. The Bertz CT molecular complexity index is 632. The molecule has 0 heterocycles. The zero-order valence-electron chi connectivity index (χ0n) is 26.4. The van der Waals surface area contributed by atoms with E-state index in [0.717, 1.165) is 0 Å². The molecule has 0 fully saturated rings. The fourth-order valence-corrected chi connectivity index (χ4v) is 0.271. The van der Waals surface area contributed by atoms with Gasteiger partial charge in [-0.25, -0.2) is 0 Å². The van der Waals surface area contributed by atoms with Crippen molar-refractivity contribution in [2.75, 3.05) is 5.70 Å². The van der Waals surface area contributed by atoms with Crippen LogP contribution in [0.3, 0.4) is 0 Å². The Kier molecular flexibility index (Phi) is 1.16. The van der Waals surface area contributed by atoms with Crippen LogP contribution in [-0.2, 0) is 0 Å². The van der Waals surface area contributed by atoms with Gasteiger partial charge in [0.2, 0.25) is 0 Å². The van der Waals surface area contributed by atoms with Gasteiger partial charge in [-0.2, -0.15) is 12.6 Å². The lowest BCUT2D eigenvalue weighted by Gasteiger charge is -1.98. The topological polar surface area (TPSA) is 0 Å². The first kappa shape index (κ1) is 1.24. The van der Waals surface area contributed by atoms with Crippen molar-refractivity contribution in [2.24, 2.45) is 0 Å². The van der Waals surface area contributed by atoms with Crippen molar-refractivity contribution in [1.29, 1.82) is 0 Å². The molecule has 0 amide bonds. The summed E-state index contributed by atoms with van der Waals surface area (Å²) >= 11 is 3.19. The maximum absolute atomic E-state index is 7.86. The Hall–Kier alpha value is 0.350. The lowest BCUT2D eigenvalue weighted by molar-refractivity contribution is 0.586. The molecule has 0 N–H and O–H groups in total. The lowest BCUT2D eigenvalue weighted by Crippen LogP contribution is -1.80. The highest BCUT2D eigenvalue weighted by Gasteiger charge is 1.89. The molecule has 0 aliphatic heterocycles. The maximum atomic E-state index is 7.86. The van der Waals surface area contributed by atoms with Gasteiger partial charge in [0.05, 0.1) is 0 Å². The van der Waals surface area contributed by atoms with E-state index in [1.165, 1.54) is 0 Å². The van der Waals surface area contributed by atoms with Crippen LogP contribution in [0.15, 0.2) is 0 Å². The highest BCUT2D eigenvalue weighted by atomic mass is 32.1. The molecule has 0 aliphatic rings. The molecule has 0 saturated heterocycles. The van der Waals surface area contributed by atoms with Gasteiger partial charge in [-0.3, -0.25) is 0 Å². The molecule has 0 aromatic rings. The van der Waals surface area contributed by atoms with E-state index in [0.29, 0.717) is 0 Å². The van der Waals surface area contributed by atoms with E-state index in [1.54, 1.807) is 0 Å². The van der Waals surface area contributed by atoms with Gasteiger partial charge < -0.3 is 0 Å². The van der Waals surface area contributed by atoms with E-state index < -0.39 is 63.5 Å². The number of hydrogen-bond donors (Lipinski definition) is 1. The first-order chi connectivity index (χ1) is 13.2. The van der Waals surface area contributed by atoms with Crippen LogP contribution in [0.25, 0.3) is 0 Å². The second-order valence-electron chi connectivity index (χ2n) is 1.11. The minimum atomic E-state index is -4.54. The molecule has 68 valence electrons. The van der Waals surface area contributed by atoms with Gasteiger partial charge in [-0.05, 0) is 12.1 Å². The highest BCUT2D eigenvalue weighted by molar-refractivity contribution is 7.80. The normalized spacial score (nSPS) is 51.5. The predicted molar refractivity (Wildman–Crippen MR) is 56.5 cm³/mol. The molecule has 0 saturated carbocycles. The molecule has 0 atom stereocenters. The molecule has 0 aromatic carbocycles. The van der Waals surface area contributed by atoms with Gasteiger partial charge in [0.25, 0.3) is 0 Å². The Balaban J connectivity index is 7.00. The quantitative estimate of drug-likeness (QED) is 0.555. The van der Waals surface area contributed by atoms with Crippen LogP contribution >= 0.6 is 12.6 Å². The van der Waals surface area contributed by atoms with Crippen molar-refractivity contribution in [1.82, 2.24) is 0 Å². The van der Waals surface area contributed by atoms with E-state index in [9.17, 15) is 0 Å². The Morgan fingerprint density at radius 1 is 1.00 bits per heavy atom. The summed E-state index contributed by atoms with van der Waals surface area (Å²) in [6.45, 7) is -3.89. The number of thiol groups is 1. The average molecular weight is 195 g/mol. The minimum absolute atomic E-state index is 3.19. The van der Waals surface area contributed by atoms with Crippen LogP contribution in [0.2, 0.25) is 0 Å². The molecule has 1 heteroatoms. The summed E-state index contributed by atoms with van der Waals surface area (Å²) < 4.78 is 160. The fourth-order valence-electron chi connectivity index (χ4n) is 0.215. The standard InChI is InChI=1S/C10H22S/c1-2-3-4-5-6-7-8-9-10-11/h11H,2-10H2,1H3/i1D3,2D2,3D2,4D2,5D2,6D2,7D2,8D2,9D2,10D2. The Labute approximate surface area is 107 Å². The summed E-state index contributed by atoms with van der Waals surface area (Å²) in [4.78, 5) is 0. The van der Waals surface area contributed by atoms with Gasteiger partial charge in [0.15, 0.2) is 0 Å². The molecular weight excluding hydrogens is 152 g/mol. The highest BCUT2D eigenvalue weighted by Crippen LogP contribution is 2.08. The van der Waals surface area contributed by atoms with Gasteiger partial charge in [-0.1, -0.05) is 51.5 Å². The minimum Gasteiger partial charge on any atom is -0.179 e. The first-order valence-corrected chi connectivity index (χ1v) is 2.92. The first-order valence-electron chi connectivity index (χ1n) is 13.0. The van der Waals surface area contributed by atoms with Crippen LogP contribution in [-0.4, -0.2) is 5.70 Å². The van der Waals surface area contributed by atoms with Crippen molar-refractivity contribution >= 4 is 12.6 Å². The van der Waals surface area contributed by atoms with E-state index in [4.69, 9.17) is 28.8 Å². The predicted octanol–water partition coefficient (Wildman–Crippen LogP) is 4.06. The van der Waals surface area contributed by atoms with Crippen molar-refractivity contribution < 1.29 is 28.8 Å². The van der Waals surface area contributed by atoms with Crippen molar-refractivity contribution in [3.8, 4) is 0 Å². The molecule has 11 heavy (non-hydrogen) atoms. The molecule has 0 unspecified atom stereocenters. The zero-order valence-corrected chi connectivity index (χ0v) is 6.34. The van der Waals surface area contributed by atoms with Crippen molar-refractivity contribution in [3.63, 3.8) is 0 Å². The molecule has 0 spiro atoms. The van der Waals surface area contributed by atoms with Crippen LogP contribution in [0.4, 0.5) is 0 Å². The number of rotatable bonds is 8. The molecule has 0 nitrogen and oxygen atoms in total. The van der Waals surface area contributed by atoms with Crippen molar-refractivity contribution in [2.45, 2.75) is 57.8 Å². The monoisotopic (exact) mass is 195 g/mol. The third-order valence-electron chi connectivity index (χ3n) is 0.493. The molecule has 0 rings (SSSR count). The summed E-state index contributed by atoms with van der Waals surface area (Å²) in [7, 11) is 0. The van der Waals surface area contributed by atoms with Crippen molar-refractivity contribution in [3.05, 3.63) is 0 Å². The third-order valence-corrected chi connectivity index (χ3v) is 0.605. The largest absolute Gasteiger partial charge is 0.179 e. The fraction of sp³-hybridized carbons (Fsp3) is 1.00. The molecule has 0 radical (unpaired) electrons. The lowest BCUT2D eigenvalue weighted by atomic mass is 10.1. The van der Waals surface area contributed by atoms with Gasteiger partial charge in [-0.15, -0.1) is 0 Å². The Morgan fingerprint density at radius 2 is 1.55 bits per heavy atom. The van der Waals surface area contributed by atoms with E-state index in [1.807, 2.05) is 0 Å². The molecule has 0 aromatic heterocycles. The average Bonchev–Trinajstić information content (AvgIpc) is 2.51. The van der Waals surface area contributed by atoms with E-state index in [-0.39, 0.29) is 0 Å². The molecular formula is C10H22S. The second kappa shape index (κ2) is 10.3. The zero-order chi connectivity index (χ0) is 27.0. The summed E-state index contributed by atoms with van der Waals surface area (Å²) in [5.74, 6) is 0. The number of hydrogen-bond acceptors (Lipinski definition) is 1. The van der Waals surface area contributed by atoms with E-state index in [2.05, 4.69) is 12.6 Å². The van der Waals surface area contributed by atoms with Crippen LogP contribution in [0, 0.1) is 0 Å². The van der Waals surface area contributed by atoms with Gasteiger partial charge in [0.1, 0.15) is 0 Å². The summed E-state index contributed by atoms with van der Waals surface area (Å²) in [6, 6.07) is 0. The van der Waals surface area contributed by atoms with Gasteiger partial charge in [0, 0.05) is 28.8 Å². The third kappa shape index (κ3) is 10.4. The van der Waals surface area contributed by atoms with Crippen LogP contribution in [0.1, 0.15) is 86.6 Å². The molecule has 0 bridgehead atoms. The summed E-state index contributed by atoms with van der Waals surface area (Å²) in [6.07, 6.45) is -34.7.